The van der Waals surface area contributed by atoms with Crippen molar-refractivity contribution in [3.63, 3.8) is 0 Å². The molecule has 1 aromatic heterocycles. The first kappa shape index (κ1) is 15.9. The van der Waals surface area contributed by atoms with E-state index in [0.29, 0.717) is 34.5 Å². The van der Waals surface area contributed by atoms with Gasteiger partial charge in [0.15, 0.2) is 11.5 Å². The highest BCUT2D eigenvalue weighted by Gasteiger charge is 2.17. The van der Waals surface area contributed by atoms with Crippen molar-refractivity contribution >= 4 is 16.8 Å². The normalized spacial score (nSPS) is 14.4. The van der Waals surface area contributed by atoms with Crippen LogP contribution >= 0.6 is 0 Å². The third-order valence-electron chi connectivity index (χ3n) is 4.97. The summed E-state index contributed by atoms with van der Waals surface area (Å²) in [6.07, 6.45) is 1.73. The van der Waals surface area contributed by atoms with Crippen molar-refractivity contribution in [2.45, 2.75) is 25.9 Å². The molecule has 0 atom stereocenters. The van der Waals surface area contributed by atoms with Crippen molar-refractivity contribution in [3.8, 4) is 11.5 Å². The molecule has 0 saturated heterocycles. The number of fused-ring (bicyclic) bond motifs is 3. The lowest BCUT2D eigenvalue weighted by molar-refractivity contribution is 0.0951. The van der Waals surface area contributed by atoms with Crippen molar-refractivity contribution in [1.82, 2.24) is 14.9 Å². The van der Waals surface area contributed by atoms with E-state index < -0.39 is 0 Å². The molecule has 0 spiro atoms. The smallest absolute Gasteiger partial charge is 0.261 e. The Kier molecular flexibility index (Phi) is 3.60. The Labute approximate surface area is 154 Å². The van der Waals surface area contributed by atoms with Gasteiger partial charge in [0.1, 0.15) is 5.82 Å². The molecule has 3 heterocycles. The summed E-state index contributed by atoms with van der Waals surface area (Å²) in [6.45, 7) is 1.31. The SMILES string of the molecule is O=C(NCc1ccc2c(c1)OCO2)c1ccc2c(=O)n3c(nc2c1)CCC3. The van der Waals surface area contributed by atoms with Crippen molar-refractivity contribution in [2.75, 3.05) is 6.79 Å². The van der Waals surface area contributed by atoms with Crippen LogP contribution in [0.15, 0.2) is 41.2 Å². The molecule has 7 nitrogen and oxygen atoms in total. The second kappa shape index (κ2) is 6.12. The molecule has 5 rings (SSSR count). The number of hydrogen-bond donors (Lipinski definition) is 1. The van der Waals surface area contributed by atoms with Gasteiger partial charge in [0.2, 0.25) is 6.79 Å². The Bertz CT molecular complexity index is 1140. The second-order valence-electron chi connectivity index (χ2n) is 6.69. The Morgan fingerprint density at radius 2 is 2.04 bits per heavy atom. The molecule has 0 saturated carbocycles. The number of carbonyl (C=O) groups excluding carboxylic acids is 1. The third kappa shape index (κ3) is 2.71. The topological polar surface area (TPSA) is 82.5 Å². The first-order valence-corrected chi connectivity index (χ1v) is 8.89. The zero-order valence-corrected chi connectivity index (χ0v) is 14.5. The van der Waals surface area contributed by atoms with Gasteiger partial charge in [-0.25, -0.2) is 4.98 Å². The molecule has 1 N–H and O–H groups in total. The minimum absolute atomic E-state index is 0.0279. The van der Waals surface area contributed by atoms with Gasteiger partial charge in [0.05, 0.1) is 10.9 Å². The van der Waals surface area contributed by atoms with Crippen LogP contribution in [-0.2, 0) is 19.5 Å². The van der Waals surface area contributed by atoms with Gasteiger partial charge >= 0.3 is 0 Å². The zero-order valence-electron chi connectivity index (χ0n) is 14.5. The van der Waals surface area contributed by atoms with Crippen LogP contribution in [0.3, 0.4) is 0 Å². The monoisotopic (exact) mass is 363 g/mol. The standard InChI is InChI=1S/C20H17N3O4/c24-19(21-10-12-3-6-16-17(8-12)27-11-26-16)13-4-5-14-15(9-13)22-18-2-1-7-23(18)20(14)25/h3-6,8-9H,1-2,7,10-11H2,(H,21,24). The molecule has 7 heteroatoms. The first-order chi connectivity index (χ1) is 13.2. The van der Waals surface area contributed by atoms with Crippen LogP contribution in [0.25, 0.3) is 10.9 Å². The summed E-state index contributed by atoms with van der Waals surface area (Å²) >= 11 is 0. The summed E-state index contributed by atoms with van der Waals surface area (Å²) in [4.78, 5) is 29.6. The Morgan fingerprint density at radius 1 is 1.15 bits per heavy atom. The number of rotatable bonds is 3. The fourth-order valence-corrected chi connectivity index (χ4v) is 3.56. The molecule has 0 aliphatic carbocycles. The molecule has 0 fully saturated rings. The fourth-order valence-electron chi connectivity index (χ4n) is 3.56. The van der Waals surface area contributed by atoms with Crippen LogP contribution in [-0.4, -0.2) is 22.3 Å². The van der Waals surface area contributed by atoms with Gasteiger partial charge in [-0.15, -0.1) is 0 Å². The van der Waals surface area contributed by atoms with Gasteiger partial charge in [-0.2, -0.15) is 0 Å². The number of amides is 1. The number of aryl methyl sites for hydroxylation is 1. The van der Waals surface area contributed by atoms with E-state index >= 15 is 0 Å². The zero-order chi connectivity index (χ0) is 18.4. The molecule has 27 heavy (non-hydrogen) atoms. The number of hydrogen-bond acceptors (Lipinski definition) is 5. The molecule has 2 aliphatic heterocycles. The van der Waals surface area contributed by atoms with Gasteiger partial charge in [-0.05, 0) is 42.3 Å². The molecule has 2 aromatic carbocycles. The van der Waals surface area contributed by atoms with E-state index in [9.17, 15) is 9.59 Å². The Morgan fingerprint density at radius 3 is 2.96 bits per heavy atom. The van der Waals surface area contributed by atoms with Gasteiger partial charge < -0.3 is 14.8 Å². The number of nitrogens with one attached hydrogen (secondary N) is 1. The van der Waals surface area contributed by atoms with E-state index in [0.717, 1.165) is 30.8 Å². The largest absolute Gasteiger partial charge is 0.454 e. The summed E-state index contributed by atoms with van der Waals surface area (Å²) in [6, 6.07) is 10.6. The average Bonchev–Trinajstić information content (AvgIpc) is 3.34. The lowest BCUT2D eigenvalue weighted by Crippen LogP contribution is -2.24. The second-order valence-corrected chi connectivity index (χ2v) is 6.69. The van der Waals surface area contributed by atoms with E-state index in [1.54, 1.807) is 22.8 Å². The maximum atomic E-state index is 12.5. The third-order valence-corrected chi connectivity index (χ3v) is 4.97. The lowest BCUT2D eigenvalue weighted by Gasteiger charge is -2.08. The van der Waals surface area contributed by atoms with Crippen LogP contribution in [0.2, 0.25) is 0 Å². The van der Waals surface area contributed by atoms with Gasteiger partial charge in [0.25, 0.3) is 11.5 Å². The molecule has 3 aromatic rings. The first-order valence-electron chi connectivity index (χ1n) is 8.89. The lowest BCUT2D eigenvalue weighted by atomic mass is 10.1. The van der Waals surface area contributed by atoms with E-state index in [1.807, 2.05) is 18.2 Å². The van der Waals surface area contributed by atoms with Crippen LogP contribution in [0.5, 0.6) is 11.5 Å². The van der Waals surface area contributed by atoms with Gasteiger partial charge in [-0.3, -0.25) is 14.2 Å². The van der Waals surface area contributed by atoms with Crippen molar-refractivity contribution in [2.24, 2.45) is 0 Å². The Hall–Kier alpha value is -3.35. The minimum Gasteiger partial charge on any atom is -0.454 e. The van der Waals surface area contributed by atoms with Crippen LogP contribution in [0, 0.1) is 0 Å². The van der Waals surface area contributed by atoms with Crippen LogP contribution < -0.4 is 20.3 Å². The molecule has 1 amide bonds. The number of ether oxygens (including phenoxy) is 2. The fraction of sp³-hybridized carbons (Fsp3) is 0.250. The average molecular weight is 363 g/mol. The van der Waals surface area contributed by atoms with Crippen molar-refractivity contribution in [3.05, 3.63) is 63.7 Å². The number of nitrogens with zero attached hydrogens (tertiary/aromatic N) is 2. The van der Waals surface area contributed by atoms with Crippen molar-refractivity contribution < 1.29 is 14.3 Å². The molecule has 0 bridgehead atoms. The Balaban J connectivity index is 1.38. The van der Waals surface area contributed by atoms with Gasteiger partial charge in [-0.1, -0.05) is 6.07 Å². The molecular formula is C20H17N3O4. The molecule has 136 valence electrons. The molecule has 2 aliphatic rings. The number of aromatic nitrogens is 2. The van der Waals surface area contributed by atoms with E-state index in [1.165, 1.54) is 0 Å². The van der Waals surface area contributed by atoms with Crippen molar-refractivity contribution in [1.29, 1.82) is 0 Å². The number of carbonyl (C=O) groups is 1. The highest BCUT2D eigenvalue weighted by atomic mass is 16.7. The van der Waals surface area contributed by atoms with E-state index in [-0.39, 0.29) is 18.3 Å². The van der Waals surface area contributed by atoms with E-state index in [2.05, 4.69) is 10.3 Å². The summed E-state index contributed by atoms with van der Waals surface area (Å²) in [5.74, 6) is 1.98. The summed E-state index contributed by atoms with van der Waals surface area (Å²) in [7, 11) is 0. The van der Waals surface area contributed by atoms with Crippen LogP contribution in [0.1, 0.15) is 28.2 Å². The highest BCUT2D eigenvalue weighted by molar-refractivity contribution is 5.97. The summed E-state index contributed by atoms with van der Waals surface area (Å²) < 4.78 is 12.4. The maximum absolute atomic E-state index is 12.5. The molecule has 0 unspecified atom stereocenters. The summed E-state index contributed by atoms with van der Waals surface area (Å²) in [5.41, 5.74) is 1.95. The maximum Gasteiger partial charge on any atom is 0.261 e. The quantitative estimate of drug-likeness (QED) is 0.770. The van der Waals surface area contributed by atoms with Gasteiger partial charge in [0, 0.05) is 25.1 Å². The predicted octanol–water partition coefficient (Wildman–Crippen LogP) is 2.00. The molecule has 0 radical (unpaired) electrons. The summed E-state index contributed by atoms with van der Waals surface area (Å²) in [5, 5.41) is 3.44. The van der Waals surface area contributed by atoms with Crippen LogP contribution in [0.4, 0.5) is 0 Å². The highest BCUT2D eigenvalue weighted by Crippen LogP contribution is 2.32. The minimum atomic E-state index is -0.211. The molecular weight excluding hydrogens is 346 g/mol. The predicted molar refractivity (Wildman–Crippen MR) is 98.1 cm³/mol. The number of benzene rings is 2. The van der Waals surface area contributed by atoms with E-state index in [4.69, 9.17) is 9.47 Å².